The number of carbonyl (C=O) groups excluding carboxylic acids is 1. The number of carbonyl (C=O) groups is 1. The van der Waals surface area contributed by atoms with E-state index in [4.69, 9.17) is 14.2 Å². The first-order valence-corrected chi connectivity index (χ1v) is 9.21. The van der Waals surface area contributed by atoms with E-state index < -0.39 is 24.3 Å². The Bertz CT molecular complexity index is 886. The van der Waals surface area contributed by atoms with Gasteiger partial charge in [0.15, 0.2) is 11.5 Å². The molecule has 2 aromatic rings. The first kappa shape index (κ1) is 20.9. The van der Waals surface area contributed by atoms with Crippen molar-refractivity contribution in [3.63, 3.8) is 0 Å². The van der Waals surface area contributed by atoms with E-state index in [9.17, 15) is 20.1 Å². The molecule has 0 saturated carbocycles. The molecule has 1 saturated heterocycles. The summed E-state index contributed by atoms with van der Waals surface area (Å²) in [4.78, 5) is 12.1. The predicted octanol–water partition coefficient (Wildman–Crippen LogP) is 2.30. The minimum Gasteiger partial charge on any atom is -0.508 e. The fraction of sp³-hybridized carbons (Fsp3) is 0.318. The van der Waals surface area contributed by atoms with E-state index >= 15 is 0 Å². The number of hydrogen-bond donors (Lipinski definition) is 3. The average molecular weight is 400 g/mol. The second kappa shape index (κ2) is 9.09. The SMILES string of the molecule is COc1cc(/C=C/c2cc(C)cc(O)c2)ccc1O[C@@H]1OC(CO)C[C@H](O)C1=O. The third-order valence-electron chi connectivity index (χ3n) is 4.54. The summed E-state index contributed by atoms with van der Waals surface area (Å²) in [7, 11) is 1.48. The van der Waals surface area contributed by atoms with E-state index in [0.717, 1.165) is 16.7 Å². The van der Waals surface area contributed by atoms with Gasteiger partial charge in [-0.1, -0.05) is 24.3 Å². The Morgan fingerprint density at radius 3 is 2.59 bits per heavy atom. The maximum atomic E-state index is 12.1. The second-order valence-corrected chi connectivity index (χ2v) is 6.89. The van der Waals surface area contributed by atoms with Gasteiger partial charge in [-0.3, -0.25) is 4.79 Å². The molecular weight excluding hydrogens is 376 g/mol. The van der Waals surface area contributed by atoms with Crippen molar-refractivity contribution in [1.29, 1.82) is 0 Å². The summed E-state index contributed by atoms with van der Waals surface area (Å²) in [5.74, 6) is 0.268. The summed E-state index contributed by atoms with van der Waals surface area (Å²) < 4.78 is 16.4. The molecule has 0 aromatic heterocycles. The maximum absolute atomic E-state index is 12.1. The number of hydrogen-bond acceptors (Lipinski definition) is 7. The normalized spacial score (nSPS) is 22.1. The number of ether oxygens (including phenoxy) is 3. The molecule has 0 bridgehead atoms. The van der Waals surface area contributed by atoms with E-state index in [1.165, 1.54) is 7.11 Å². The largest absolute Gasteiger partial charge is 0.508 e. The fourth-order valence-corrected chi connectivity index (χ4v) is 3.10. The topological polar surface area (TPSA) is 105 Å². The summed E-state index contributed by atoms with van der Waals surface area (Å²) in [6.45, 7) is 1.58. The van der Waals surface area contributed by atoms with Crippen molar-refractivity contribution in [3.8, 4) is 17.2 Å². The molecule has 3 atom stereocenters. The number of aliphatic hydroxyl groups is 2. The maximum Gasteiger partial charge on any atom is 0.263 e. The van der Waals surface area contributed by atoms with Gasteiger partial charge in [-0.2, -0.15) is 0 Å². The molecule has 29 heavy (non-hydrogen) atoms. The smallest absolute Gasteiger partial charge is 0.263 e. The molecular formula is C22H24O7. The quantitative estimate of drug-likeness (QED) is 0.639. The average Bonchev–Trinajstić information content (AvgIpc) is 2.69. The minimum absolute atomic E-state index is 0.0323. The highest BCUT2D eigenvalue weighted by molar-refractivity contribution is 5.87. The summed E-state index contributed by atoms with van der Waals surface area (Å²) in [5, 5.41) is 28.8. The first-order valence-electron chi connectivity index (χ1n) is 9.21. The lowest BCUT2D eigenvalue weighted by Gasteiger charge is -2.31. The van der Waals surface area contributed by atoms with Gasteiger partial charge in [0, 0.05) is 6.42 Å². The van der Waals surface area contributed by atoms with Crippen molar-refractivity contribution in [2.24, 2.45) is 0 Å². The van der Waals surface area contributed by atoms with Gasteiger partial charge in [0.1, 0.15) is 11.9 Å². The fourth-order valence-electron chi connectivity index (χ4n) is 3.10. The zero-order valence-corrected chi connectivity index (χ0v) is 16.2. The van der Waals surface area contributed by atoms with Crippen LogP contribution in [0.2, 0.25) is 0 Å². The number of methoxy groups -OCH3 is 1. The third kappa shape index (κ3) is 5.14. The van der Waals surface area contributed by atoms with Gasteiger partial charge in [0.2, 0.25) is 5.78 Å². The molecule has 1 aliphatic rings. The number of Topliss-reactive ketones (excluding diaryl/α,β-unsaturated/α-hetero) is 1. The van der Waals surface area contributed by atoms with Crippen LogP contribution in [0, 0.1) is 6.92 Å². The van der Waals surface area contributed by atoms with Crippen molar-refractivity contribution < 1.29 is 34.3 Å². The highest BCUT2D eigenvalue weighted by Crippen LogP contribution is 2.31. The molecule has 1 aliphatic heterocycles. The number of phenols is 1. The molecule has 1 unspecified atom stereocenters. The van der Waals surface area contributed by atoms with E-state index in [1.807, 2.05) is 25.1 Å². The highest BCUT2D eigenvalue weighted by Gasteiger charge is 2.38. The van der Waals surface area contributed by atoms with Crippen molar-refractivity contribution in [1.82, 2.24) is 0 Å². The van der Waals surface area contributed by atoms with Gasteiger partial charge in [-0.05, 0) is 47.9 Å². The van der Waals surface area contributed by atoms with Crippen molar-refractivity contribution >= 4 is 17.9 Å². The monoisotopic (exact) mass is 400 g/mol. The first-order chi connectivity index (χ1) is 13.9. The van der Waals surface area contributed by atoms with Crippen LogP contribution in [0.25, 0.3) is 12.2 Å². The summed E-state index contributed by atoms with van der Waals surface area (Å²) in [6.07, 6.45) is 0.509. The summed E-state index contributed by atoms with van der Waals surface area (Å²) >= 11 is 0. The minimum atomic E-state index is -1.32. The lowest BCUT2D eigenvalue weighted by Crippen LogP contribution is -2.48. The molecule has 0 aliphatic carbocycles. The standard InChI is InChI=1S/C22H24O7/c1-13-7-15(9-16(24)8-13)4-3-14-5-6-19(20(10-14)27-2)29-22-21(26)18(25)11-17(12-23)28-22/h3-10,17-18,22-25H,11-12H2,1-2H3/b4-3+/t17?,18-,22-/m0/s1. The zero-order valence-electron chi connectivity index (χ0n) is 16.2. The third-order valence-corrected chi connectivity index (χ3v) is 4.54. The Labute approximate surface area is 168 Å². The van der Waals surface area contributed by atoms with Gasteiger partial charge in [-0.25, -0.2) is 0 Å². The van der Waals surface area contributed by atoms with E-state index in [1.54, 1.807) is 30.3 Å². The predicted molar refractivity (Wildman–Crippen MR) is 107 cm³/mol. The highest BCUT2D eigenvalue weighted by atomic mass is 16.7. The van der Waals surface area contributed by atoms with Gasteiger partial charge in [-0.15, -0.1) is 0 Å². The number of phenolic OH excluding ortho intramolecular Hbond substituents is 1. The lowest BCUT2D eigenvalue weighted by atomic mass is 10.0. The van der Waals surface area contributed by atoms with Crippen LogP contribution in [-0.4, -0.2) is 53.3 Å². The number of aryl methyl sites for hydroxylation is 1. The second-order valence-electron chi connectivity index (χ2n) is 6.89. The number of ketones is 1. The molecule has 0 spiro atoms. The number of aliphatic hydroxyl groups excluding tert-OH is 2. The Morgan fingerprint density at radius 2 is 1.90 bits per heavy atom. The molecule has 7 heteroatoms. The van der Waals surface area contributed by atoms with Crippen LogP contribution in [0.3, 0.4) is 0 Å². The summed E-state index contributed by atoms with van der Waals surface area (Å²) in [5.41, 5.74) is 2.62. The van der Waals surface area contributed by atoms with Crippen LogP contribution in [0.4, 0.5) is 0 Å². The van der Waals surface area contributed by atoms with Crippen LogP contribution >= 0.6 is 0 Å². The molecule has 7 nitrogen and oxygen atoms in total. The Balaban J connectivity index is 1.78. The Hall–Kier alpha value is -2.87. The van der Waals surface area contributed by atoms with Gasteiger partial charge in [0.05, 0.1) is 19.8 Å². The zero-order chi connectivity index (χ0) is 21.0. The number of aromatic hydroxyl groups is 1. The van der Waals surface area contributed by atoms with E-state index in [2.05, 4.69) is 0 Å². The van der Waals surface area contributed by atoms with Crippen LogP contribution < -0.4 is 9.47 Å². The Kier molecular flexibility index (Phi) is 6.53. The van der Waals surface area contributed by atoms with Gasteiger partial charge >= 0.3 is 0 Å². The van der Waals surface area contributed by atoms with Crippen LogP contribution in [0.15, 0.2) is 36.4 Å². The van der Waals surface area contributed by atoms with Gasteiger partial charge < -0.3 is 29.5 Å². The summed E-state index contributed by atoms with van der Waals surface area (Å²) in [6, 6.07) is 10.4. The van der Waals surface area contributed by atoms with Crippen molar-refractivity contribution in [2.45, 2.75) is 31.8 Å². The van der Waals surface area contributed by atoms with E-state index in [-0.39, 0.29) is 24.5 Å². The number of rotatable bonds is 6. The van der Waals surface area contributed by atoms with Crippen LogP contribution in [0.1, 0.15) is 23.1 Å². The van der Waals surface area contributed by atoms with Gasteiger partial charge in [0.25, 0.3) is 6.29 Å². The lowest BCUT2D eigenvalue weighted by molar-refractivity contribution is -0.191. The van der Waals surface area contributed by atoms with Crippen LogP contribution in [-0.2, 0) is 9.53 Å². The molecule has 154 valence electrons. The Morgan fingerprint density at radius 1 is 1.14 bits per heavy atom. The molecule has 3 rings (SSSR count). The van der Waals surface area contributed by atoms with E-state index in [0.29, 0.717) is 5.75 Å². The van der Waals surface area contributed by atoms with Crippen molar-refractivity contribution in [2.75, 3.05) is 13.7 Å². The molecule has 3 N–H and O–H groups in total. The molecule has 1 heterocycles. The van der Waals surface area contributed by atoms with Crippen molar-refractivity contribution in [3.05, 3.63) is 53.1 Å². The molecule has 2 aromatic carbocycles. The molecule has 1 fully saturated rings. The molecule has 0 radical (unpaired) electrons. The number of benzene rings is 2. The van der Waals surface area contributed by atoms with Crippen LogP contribution in [0.5, 0.6) is 17.2 Å². The molecule has 0 amide bonds.